The molecule has 2 aliphatic heterocycles. The molecule has 1 aromatic carbocycles. The zero-order valence-electron chi connectivity index (χ0n) is 20.0. The third kappa shape index (κ3) is 5.29. The monoisotopic (exact) mass is 534 g/mol. The van der Waals surface area contributed by atoms with Crippen molar-refractivity contribution >= 4 is 11.9 Å². The van der Waals surface area contributed by atoms with Gasteiger partial charge in [0.1, 0.15) is 35.2 Å². The van der Waals surface area contributed by atoms with Gasteiger partial charge in [0.05, 0.1) is 24.8 Å². The van der Waals surface area contributed by atoms with Crippen molar-refractivity contribution in [1.82, 2.24) is 40.3 Å². The first-order valence-electron chi connectivity index (χ1n) is 11.4. The summed E-state index contributed by atoms with van der Waals surface area (Å²) in [5.41, 5.74) is 0.692. The van der Waals surface area contributed by atoms with Crippen molar-refractivity contribution in [1.29, 1.82) is 0 Å². The van der Waals surface area contributed by atoms with Crippen LogP contribution in [-0.4, -0.2) is 74.6 Å². The summed E-state index contributed by atoms with van der Waals surface area (Å²) in [5.74, 6) is 0.658. The number of ether oxygens (including phenoxy) is 2. The van der Waals surface area contributed by atoms with Crippen molar-refractivity contribution in [2.24, 2.45) is 4.99 Å². The number of fused-ring (bicyclic) bond motifs is 1. The van der Waals surface area contributed by atoms with E-state index in [-0.39, 0.29) is 29.3 Å². The average Bonchev–Trinajstić information content (AvgIpc) is 3.61. The molecule has 12 nitrogen and oxygen atoms in total. The number of benzene rings is 1. The first kappa shape index (κ1) is 25.2. The topological polar surface area (TPSA) is 111 Å². The normalized spacial score (nSPS) is 14.6. The highest BCUT2D eigenvalue weighted by molar-refractivity contribution is 5.81. The standard InChI is InChI=1S/C22H22F4N10O2/c1-27-7-10-34-19(29-31-32-34)13-33-12-16(35-9-5-18-28-6-2-8-36(18)35)20(30-33)15-11-14(37-21(23)24)3-4-17(15)38-22(25)26/h2-6,8,11-12,21-22,27H,7,9-10,13H2,1H3. The summed E-state index contributed by atoms with van der Waals surface area (Å²) in [7, 11) is 1.80. The minimum Gasteiger partial charge on any atom is -0.435 e. The first-order chi connectivity index (χ1) is 18.4. The van der Waals surface area contributed by atoms with Gasteiger partial charge in [0, 0.05) is 19.0 Å². The number of aromatic nitrogens is 6. The molecule has 1 N–H and O–H groups in total. The predicted octanol–water partition coefficient (Wildman–Crippen LogP) is 2.48. The highest BCUT2D eigenvalue weighted by atomic mass is 19.3. The van der Waals surface area contributed by atoms with Crippen LogP contribution in [-0.2, 0) is 13.1 Å². The molecule has 38 heavy (non-hydrogen) atoms. The number of hydrogen-bond acceptors (Lipinski definition) is 10. The number of allylic oxidation sites excluding steroid dienone is 1. The molecular weight excluding hydrogens is 512 g/mol. The van der Waals surface area contributed by atoms with Crippen molar-refractivity contribution in [3.05, 3.63) is 54.4 Å². The van der Waals surface area contributed by atoms with E-state index in [9.17, 15) is 17.6 Å². The average molecular weight is 534 g/mol. The van der Waals surface area contributed by atoms with Gasteiger partial charge in [0.2, 0.25) is 0 Å². The molecule has 5 rings (SSSR count). The molecule has 0 bridgehead atoms. The Kier molecular flexibility index (Phi) is 7.21. The van der Waals surface area contributed by atoms with Gasteiger partial charge < -0.3 is 14.8 Å². The summed E-state index contributed by atoms with van der Waals surface area (Å²) in [6.07, 6.45) is 8.70. The smallest absolute Gasteiger partial charge is 0.387 e. The van der Waals surface area contributed by atoms with E-state index < -0.39 is 13.2 Å². The molecule has 0 aliphatic carbocycles. The number of nitrogens with zero attached hydrogens (tertiary/aromatic N) is 9. The summed E-state index contributed by atoms with van der Waals surface area (Å²) in [4.78, 5) is 4.32. The Hall–Kier alpha value is -4.47. The number of likely N-dealkylation sites (N-methyl/N-ethyl adjacent to an activating group) is 1. The molecule has 0 saturated heterocycles. The highest BCUT2D eigenvalue weighted by Crippen LogP contribution is 2.41. The Labute approximate surface area is 213 Å². The summed E-state index contributed by atoms with van der Waals surface area (Å²) >= 11 is 0. The fourth-order valence-corrected chi connectivity index (χ4v) is 4.01. The molecule has 0 atom stereocenters. The van der Waals surface area contributed by atoms with Crippen molar-refractivity contribution in [3.8, 4) is 22.8 Å². The van der Waals surface area contributed by atoms with E-state index in [1.165, 1.54) is 10.7 Å². The third-order valence-corrected chi connectivity index (χ3v) is 5.61. The van der Waals surface area contributed by atoms with Gasteiger partial charge in [-0.2, -0.15) is 22.7 Å². The summed E-state index contributed by atoms with van der Waals surface area (Å²) in [5, 5.41) is 23.0. The number of alkyl halides is 4. The molecule has 3 aromatic rings. The van der Waals surface area contributed by atoms with E-state index in [4.69, 9.17) is 4.74 Å². The summed E-state index contributed by atoms with van der Waals surface area (Å²) in [6, 6.07) is 3.45. The number of halogens is 4. The highest BCUT2D eigenvalue weighted by Gasteiger charge is 2.30. The lowest BCUT2D eigenvalue weighted by Crippen LogP contribution is -2.34. The maximum atomic E-state index is 13.3. The lowest BCUT2D eigenvalue weighted by molar-refractivity contribution is -0.0526. The van der Waals surface area contributed by atoms with E-state index in [2.05, 4.69) is 35.7 Å². The number of nitrogens with one attached hydrogen (secondary N) is 1. The lowest BCUT2D eigenvalue weighted by Gasteiger charge is -2.30. The molecule has 0 spiro atoms. The van der Waals surface area contributed by atoms with Gasteiger partial charge in [-0.05, 0) is 47.8 Å². The van der Waals surface area contributed by atoms with Gasteiger partial charge in [0.25, 0.3) is 0 Å². The van der Waals surface area contributed by atoms with Gasteiger partial charge >= 0.3 is 13.2 Å². The lowest BCUT2D eigenvalue weighted by atomic mass is 10.1. The van der Waals surface area contributed by atoms with E-state index >= 15 is 0 Å². The number of anilines is 1. The Bertz CT molecular complexity index is 1370. The van der Waals surface area contributed by atoms with Gasteiger partial charge in [-0.3, -0.25) is 9.69 Å². The predicted molar refractivity (Wildman–Crippen MR) is 127 cm³/mol. The van der Waals surface area contributed by atoms with Crippen LogP contribution in [0.15, 0.2) is 53.6 Å². The van der Waals surface area contributed by atoms with Crippen LogP contribution >= 0.6 is 0 Å². The van der Waals surface area contributed by atoms with Crippen LogP contribution in [0, 0.1) is 0 Å². The minimum atomic E-state index is -3.16. The molecule has 16 heteroatoms. The Morgan fingerprint density at radius 2 is 1.97 bits per heavy atom. The maximum Gasteiger partial charge on any atom is 0.387 e. The molecule has 0 radical (unpaired) electrons. The fourth-order valence-electron chi connectivity index (χ4n) is 4.01. The zero-order valence-corrected chi connectivity index (χ0v) is 20.0. The quantitative estimate of drug-likeness (QED) is 0.371. The van der Waals surface area contributed by atoms with E-state index in [0.717, 1.165) is 12.1 Å². The number of aliphatic imine (C=N–C) groups is 1. The second-order valence-electron chi connectivity index (χ2n) is 8.01. The molecule has 0 unspecified atom stereocenters. The number of hydrogen-bond donors (Lipinski definition) is 1. The molecule has 2 aromatic heterocycles. The maximum absolute atomic E-state index is 13.3. The van der Waals surface area contributed by atoms with E-state index in [0.29, 0.717) is 37.0 Å². The summed E-state index contributed by atoms with van der Waals surface area (Å²) < 4.78 is 64.8. The van der Waals surface area contributed by atoms with Crippen molar-refractivity contribution in [2.75, 3.05) is 25.1 Å². The Morgan fingerprint density at radius 1 is 1.13 bits per heavy atom. The van der Waals surface area contributed by atoms with Crippen LogP contribution < -0.4 is 19.8 Å². The number of rotatable bonds is 11. The van der Waals surface area contributed by atoms with Crippen LogP contribution in [0.3, 0.4) is 0 Å². The van der Waals surface area contributed by atoms with Crippen LogP contribution in [0.4, 0.5) is 23.2 Å². The molecule has 2 aliphatic rings. The van der Waals surface area contributed by atoms with Gasteiger partial charge in [-0.1, -0.05) is 0 Å². The van der Waals surface area contributed by atoms with Crippen molar-refractivity contribution in [3.63, 3.8) is 0 Å². The zero-order chi connectivity index (χ0) is 26.6. The molecule has 0 amide bonds. The number of tetrazole rings is 1. The van der Waals surface area contributed by atoms with Gasteiger partial charge in [0.15, 0.2) is 5.82 Å². The van der Waals surface area contributed by atoms with E-state index in [1.807, 2.05) is 6.08 Å². The molecule has 0 saturated carbocycles. The first-order valence-corrected chi connectivity index (χ1v) is 11.4. The fraction of sp³-hybridized carbons (Fsp3) is 0.318. The second kappa shape index (κ2) is 10.9. The van der Waals surface area contributed by atoms with Crippen LogP contribution in [0.1, 0.15) is 5.82 Å². The second-order valence-corrected chi connectivity index (χ2v) is 8.01. The van der Waals surface area contributed by atoms with Crippen molar-refractivity contribution < 1.29 is 27.0 Å². The number of hydrazine groups is 1. The van der Waals surface area contributed by atoms with Gasteiger partial charge in [-0.25, -0.2) is 14.7 Å². The minimum absolute atomic E-state index is 0.0323. The van der Waals surface area contributed by atoms with Crippen LogP contribution in [0.2, 0.25) is 0 Å². The van der Waals surface area contributed by atoms with Gasteiger partial charge in [-0.15, -0.1) is 5.10 Å². The Morgan fingerprint density at radius 3 is 2.76 bits per heavy atom. The van der Waals surface area contributed by atoms with Crippen molar-refractivity contribution in [2.45, 2.75) is 26.3 Å². The molecular formula is C22H22F4N10O2. The molecule has 4 heterocycles. The molecule has 200 valence electrons. The molecule has 0 fully saturated rings. The van der Waals surface area contributed by atoms with Crippen LogP contribution in [0.25, 0.3) is 11.3 Å². The SMILES string of the molecule is CNCCn1nnnc1Cn1cc(N2CC=C3N=CC=CN32)c(-c2cc(OC(F)F)ccc2OC(F)F)n1. The third-order valence-electron chi connectivity index (χ3n) is 5.61. The van der Waals surface area contributed by atoms with E-state index in [1.54, 1.807) is 46.4 Å². The largest absolute Gasteiger partial charge is 0.435 e. The Balaban J connectivity index is 1.59. The van der Waals surface area contributed by atoms with Crippen LogP contribution in [0.5, 0.6) is 11.5 Å². The summed E-state index contributed by atoms with van der Waals surface area (Å²) in [6.45, 7) is -4.60.